The summed E-state index contributed by atoms with van der Waals surface area (Å²) in [7, 11) is 0. The molecule has 0 unspecified atom stereocenters. The van der Waals surface area contributed by atoms with Crippen LogP contribution in [0.3, 0.4) is 0 Å². The van der Waals surface area contributed by atoms with Crippen molar-refractivity contribution in [1.82, 2.24) is 0 Å². The van der Waals surface area contributed by atoms with Crippen molar-refractivity contribution in [3.63, 3.8) is 0 Å². The molecule has 0 amide bonds. The van der Waals surface area contributed by atoms with Crippen LogP contribution in [0.5, 0.6) is 0 Å². The smallest absolute Gasteiger partial charge is 0.302 e. The lowest BCUT2D eigenvalue weighted by Gasteiger charge is -2.01. The molecule has 110 valence electrons. The molecule has 18 heavy (non-hydrogen) atoms. The molecule has 0 aromatic carbocycles. The Bertz CT molecular complexity index is 155. The van der Waals surface area contributed by atoms with Crippen molar-refractivity contribution in [3.05, 3.63) is 0 Å². The van der Waals surface area contributed by atoms with Gasteiger partial charge in [0.25, 0.3) is 0 Å². The van der Waals surface area contributed by atoms with Crippen molar-refractivity contribution < 1.29 is 29.2 Å². The van der Waals surface area contributed by atoms with Crippen LogP contribution in [0.2, 0.25) is 0 Å². The van der Waals surface area contributed by atoms with Gasteiger partial charge in [-0.2, -0.15) is 0 Å². The molecule has 0 aromatic rings. The Balaban J connectivity index is 0. The summed E-state index contributed by atoms with van der Waals surface area (Å²) in [6, 6.07) is 0. The van der Waals surface area contributed by atoms with Crippen molar-refractivity contribution in [2.45, 2.75) is 26.7 Å². The zero-order valence-electron chi connectivity index (χ0n) is 11.4. The first-order valence-corrected chi connectivity index (χ1v) is 6.19. The number of aliphatic hydroxyl groups excluding tert-OH is 2. The number of carbonyl (C=O) groups is 1. The summed E-state index contributed by atoms with van der Waals surface area (Å²) in [5.74, 6) is -0.182. The largest absolute Gasteiger partial charge is 0.466 e. The molecule has 0 spiro atoms. The fraction of sp³-hybridized carbons (Fsp3) is 0.917. The molecule has 0 aliphatic rings. The standard InChI is InChI=1S/C6H14O4.C6H12O2/c7-1-3-9-5-6-10-4-2-8;1-3-4-5-8-6(2)7/h7-8H,1-6H2;3-5H2,1-2H3. The van der Waals surface area contributed by atoms with Crippen molar-refractivity contribution in [2.24, 2.45) is 0 Å². The summed E-state index contributed by atoms with van der Waals surface area (Å²) in [4.78, 5) is 10.1. The van der Waals surface area contributed by atoms with Crippen molar-refractivity contribution >= 4 is 5.97 Å². The molecule has 0 saturated heterocycles. The average Bonchev–Trinajstić information content (AvgIpc) is 2.34. The fourth-order valence-corrected chi connectivity index (χ4v) is 0.811. The van der Waals surface area contributed by atoms with Gasteiger partial charge in [-0.15, -0.1) is 0 Å². The molecule has 0 fully saturated rings. The highest BCUT2D eigenvalue weighted by Crippen LogP contribution is 1.86. The van der Waals surface area contributed by atoms with Crippen LogP contribution >= 0.6 is 0 Å². The van der Waals surface area contributed by atoms with Crippen LogP contribution in [0.4, 0.5) is 0 Å². The maximum absolute atomic E-state index is 10.1. The number of aliphatic hydroxyl groups is 2. The summed E-state index contributed by atoms with van der Waals surface area (Å²) >= 11 is 0. The Hall–Kier alpha value is -0.690. The quantitative estimate of drug-likeness (QED) is 0.438. The van der Waals surface area contributed by atoms with Crippen LogP contribution in [0.1, 0.15) is 26.7 Å². The first-order chi connectivity index (χ1) is 8.68. The minimum absolute atomic E-state index is 0.0417. The van der Waals surface area contributed by atoms with E-state index in [0.717, 1.165) is 12.8 Å². The van der Waals surface area contributed by atoms with E-state index in [1.54, 1.807) is 0 Å². The average molecular weight is 266 g/mol. The number of ether oxygens (including phenoxy) is 3. The van der Waals surface area contributed by atoms with E-state index in [1.807, 2.05) is 0 Å². The molecular weight excluding hydrogens is 240 g/mol. The zero-order valence-corrected chi connectivity index (χ0v) is 11.4. The van der Waals surface area contributed by atoms with E-state index in [4.69, 9.17) is 19.7 Å². The van der Waals surface area contributed by atoms with Gasteiger partial charge in [0.2, 0.25) is 0 Å². The minimum Gasteiger partial charge on any atom is -0.466 e. The molecule has 0 aliphatic heterocycles. The van der Waals surface area contributed by atoms with E-state index in [0.29, 0.717) is 33.0 Å². The molecule has 0 rings (SSSR count). The van der Waals surface area contributed by atoms with Gasteiger partial charge in [-0.1, -0.05) is 13.3 Å². The normalized spacial score (nSPS) is 9.56. The first kappa shape index (κ1) is 19.6. The van der Waals surface area contributed by atoms with E-state index in [1.165, 1.54) is 6.92 Å². The Morgan fingerprint density at radius 3 is 1.78 bits per heavy atom. The Morgan fingerprint density at radius 2 is 1.44 bits per heavy atom. The molecule has 0 saturated carbocycles. The second kappa shape index (κ2) is 18.7. The predicted octanol–water partition coefficient (Wildman–Crippen LogP) is 0.354. The van der Waals surface area contributed by atoms with Crippen LogP contribution in [0, 0.1) is 0 Å². The van der Waals surface area contributed by atoms with Gasteiger partial charge in [-0.05, 0) is 6.42 Å². The van der Waals surface area contributed by atoms with E-state index >= 15 is 0 Å². The number of esters is 1. The molecule has 0 bridgehead atoms. The highest BCUT2D eigenvalue weighted by Gasteiger charge is 1.88. The van der Waals surface area contributed by atoms with Crippen LogP contribution in [0.15, 0.2) is 0 Å². The number of unbranched alkanes of at least 4 members (excludes halogenated alkanes) is 1. The van der Waals surface area contributed by atoms with Crippen LogP contribution in [-0.2, 0) is 19.0 Å². The lowest BCUT2D eigenvalue weighted by molar-refractivity contribution is -0.141. The van der Waals surface area contributed by atoms with Gasteiger partial charge in [0.15, 0.2) is 0 Å². The second-order valence-electron chi connectivity index (χ2n) is 3.37. The van der Waals surface area contributed by atoms with Crippen LogP contribution in [0.25, 0.3) is 0 Å². The highest BCUT2D eigenvalue weighted by molar-refractivity contribution is 5.65. The van der Waals surface area contributed by atoms with Gasteiger partial charge in [0.05, 0.1) is 46.2 Å². The topological polar surface area (TPSA) is 85.2 Å². The first-order valence-electron chi connectivity index (χ1n) is 6.19. The third kappa shape index (κ3) is 24.5. The summed E-state index contributed by atoms with van der Waals surface area (Å²) in [5, 5.41) is 16.5. The minimum atomic E-state index is -0.182. The van der Waals surface area contributed by atoms with E-state index < -0.39 is 0 Å². The Morgan fingerprint density at radius 1 is 0.944 bits per heavy atom. The monoisotopic (exact) mass is 266 g/mol. The third-order valence-corrected chi connectivity index (χ3v) is 1.65. The lowest BCUT2D eigenvalue weighted by Crippen LogP contribution is -2.09. The summed E-state index contributed by atoms with van der Waals surface area (Å²) in [6.45, 7) is 5.79. The van der Waals surface area contributed by atoms with Gasteiger partial charge in [-0.3, -0.25) is 4.79 Å². The molecule has 6 nitrogen and oxygen atoms in total. The maximum atomic E-state index is 10.1. The predicted molar refractivity (Wildman–Crippen MR) is 67.4 cm³/mol. The van der Waals surface area contributed by atoms with E-state index in [9.17, 15) is 4.79 Å². The summed E-state index contributed by atoms with van der Waals surface area (Å²) in [6.07, 6.45) is 2.05. The molecule has 0 aliphatic carbocycles. The van der Waals surface area contributed by atoms with Gasteiger partial charge in [-0.25, -0.2) is 0 Å². The second-order valence-corrected chi connectivity index (χ2v) is 3.37. The molecule has 0 radical (unpaired) electrons. The Kier molecular flexibility index (Phi) is 20.4. The lowest BCUT2D eigenvalue weighted by atomic mass is 10.4. The molecule has 6 heteroatoms. The fourth-order valence-electron chi connectivity index (χ4n) is 0.811. The Labute approximate surface area is 109 Å². The maximum Gasteiger partial charge on any atom is 0.302 e. The van der Waals surface area contributed by atoms with Crippen LogP contribution < -0.4 is 0 Å². The van der Waals surface area contributed by atoms with E-state index in [2.05, 4.69) is 11.7 Å². The van der Waals surface area contributed by atoms with Crippen molar-refractivity contribution in [1.29, 1.82) is 0 Å². The van der Waals surface area contributed by atoms with E-state index in [-0.39, 0.29) is 19.2 Å². The number of hydrogen-bond acceptors (Lipinski definition) is 6. The highest BCUT2D eigenvalue weighted by atomic mass is 16.5. The molecule has 2 N–H and O–H groups in total. The van der Waals surface area contributed by atoms with Gasteiger partial charge in [0, 0.05) is 6.92 Å². The molecule has 0 heterocycles. The van der Waals surface area contributed by atoms with Gasteiger partial charge in [0.1, 0.15) is 0 Å². The third-order valence-electron chi connectivity index (χ3n) is 1.65. The summed E-state index contributed by atoms with van der Waals surface area (Å²) < 4.78 is 14.4. The van der Waals surface area contributed by atoms with Crippen molar-refractivity contribution in [3.8, 4) is 0 Å². The zero-order chi connectivity index (χ0) is 14.1. The molecule has 0 aromatic heterocycles. The molecular formula is C12H26O6. The van der Waals surface area contributed by atoms with Crippen molar-refractivity contribution in [2.75, 3.05) is 46.2 Å². The molecule has 0 atom stereocenters. The van der Waals surface area contributed by atoms with Gasteiger partial charge >= 0.3 is 5.97 Å². The van der Waals surface area contributed by atoms with Gasteiger partial charge < -0.3 is 24.4 Å². The number of hydrogen-bond donors (Lipinski definition) is 2. The number of carbonyl (C=O) groups excluding carboxylic acids is 1. The van der Waals surface area contributed by atoms with Crippen LogP contribution in [-0.4, -0.2) is 62.4 Å². The summed E-state index contributed by atoms with van der Waals surface area (Å²) in [5.41, 5.74) is 0. The SMILES string of the molecule is CCCCOC(C)=O.OCCOCCOCCO. The number of rotatable bonds is 10.